The molecule has 0 saturated heterocycles. The number of ether oxygens (including phenoxy) is 1. The van der Waals surface area contributed by atoms with Crippen LogP contribution in [0.25, 0.3) is 22.0 Å². The van der Waals surface area contributed by atoms with Crippen LogP contribution < -0.4 is 14.4 Å². The van der Waals surface area contributed by atoms with Gasteiger partial charge in [0, 0.05) is 36.3 Å². The van der Waals surface area contributed by atoms with Crippen LogP contribution >= 0.6 is 12.4 Å². The summed E-state index contributed by atoms with van der Waals surface area (Å²) >= 11 is 0. The van der Waals surface area contributed by atoms with Crippen molar-refractivity contribution in [1.82, 2.24) is 14.9 Å². The first kappa shape index (κ1) is 31.6. The topological polar surface area (TPSA) is 105 Å². The molecule has 1 spiro atoms. The summed E-state index contributed by atoms with van der Waals surface area (Å²) in [5, 5.41) is 0.897. The van der Waals surface area contributed by atoms with Gasteiger partial charge in [0.25, 0.3) is 10.0 Å². The number of amides is 1. The maximum Gasteiger partial charge on any atom is 0.262 e. The van der Waals surface area contributed by atoms with Crippen LogP contribution in [0.5, 0.6) is 5.88 Å². The minimum atomic E-state index is -4.16. The first-order valence-corrected chi connectivity index (χ1v) is 15.8. The summed E-state index contributed by atoms with van der Waals surface area (Å²) in [6, 6.07) is 11.1. The van der Waals surface area contributed by atoms with Crippen LogP contribution in [-0.2, 0) is 20.2 Å². The van der Waals surface area contributed by atoms with E-state index in [4.69, 9.17) is 4.74 Å². The molecule has 1 aliphatic heterocycles. The van der Waals surface area contributed by atoms with Gasteiger partial charge < -0.3 is 14.5 Å². The average molecular weight is 640 g/mol. The van der Waals surface area contributed by atoms with E-state index in [1.54, 1.807) is 37.3 Å². The molecule has 1 saturated carbocycles. The van der Waals surface area contributed by atoms with Crippen molar-refractivity contribution >= 4 is 50.6 Å². The Hall–Kier alpha value is -3.80. The van der Waals surface area contributed by atoms with Crippen molar-refractivity contribution in [2.45, 2.75) is 42.9 Å². The van der Waals surface area contributed by atoms with Crippen molar-refractivity contribution in [3.05, 3.63) is 71.8 Å². The number of fused-ring (bicyclic) bond motifs is 4. The van der Waals surface area contributed by atoms with Crippen LogP contribution in [0.2, 0.25) is 0 Å². The third-order valence-electron chi connectivity index (χ3n) is 8.35. The second kappa shape index (κ2) is 11.9. The molecule has 4 aromatic rings. The molecule has 2 aromatic carbocycles. The lowest BCUT2D eigenvalue weighted by Gasteiger charge is -2.37. The van der Waals surface area contributed by atoms with Gasteiger partial charge in [-0.15, -0.1) is 12.4 Å². The van der Waals surface area contributed by atoms with Gasteiger partial charge in [-0.05, 0) is 87.8 Å². The van der Waals surface area contributed by atoms with Crippen molar-refractivity contribution in [3.63, 3.8) is 0 Å². The van der Waals surface area contributed by atoms with Crippen LogP contribution in [0.1, 0.15) is 36.8 Å². The van der Waals surface area contributed by atoms with E-state index in [2.05, 4.69) is 14.7 Å². The molecule has 0 atom stereocenters. The largest absolute Gasteiger partial charge is 0.476 e. The number of anilines is 2. The van der Waals surface area contributed by atoms with E-state index in [1.165, 1.54) is 12.1 Å². The van der Waals surface area contributed by atoms with E-state index in [0.717, 1.165) is 59.6 Å². The van der Waals surface area contributed by atoms with Crippen LogP contribution in [0.3, 0.4) is 0 Å². The van der Waals surface area contributed by atoms with Crippen LogP contribution in [-0.4, -0.2) is 63.5 Å². The Morgan fingerprint density at radius 3 is 2.52 bits per heavy atom. The molecule has 1 N–H and O–H groups in total. The van der Waals surface area contributed by atoms with E-state index in [-0.39, 0.29) is 34.8 Å². The van der Waals surface area contributed by atoms with Crippen LogP contribution in [0.15, 0.2) is 59.8 Å². The number of nitrogens with one attached hydrogen (secondary N) is 1. The summed E-state index contributed by atoms with van der Waals surface area (Å²) in [5.41, 5.74) is 4.16. The highest BCUT2D eigenvalue weighted by Gasteiger charge is 2.54. The van der Waals surface area contributed by atoms with Gasteiger partial charge >= 0.3 is 0 Å². The fourth-order valence-electron chi connectivity index (χ4n) is 6.06. The summed E-state index contributed by atoms with van der Waals surface area (Å²) in [7, 11) is 1.56. The molecule has 1 amide bonds. The number of aryl methyl sites for hydroxylation is 1. The summed E-state index contributed by atoms with van der Waals surface area (Å²) < 4.78 is 49.4. The van der Waals surface area contributed by atoms with Gasteiger partial charge in [0.1, 0.15) is 11.5 Å². The molecule has 12 heteroatoms. The fourth-order valence-corrected chi connectivity index (χ4v) is 7.22. The Bertz CT molecular complexity index is 1840. The zero-order valence-corrected chi connectivity index (χ0v) is 26.7. The number of aromatic nitrogens is 2. The highest BCUT2D eigenvalue weighted by molar-refractivity contribution is 7.92. The predicted octanol–water partition coefficient (Wildman–Crippen LogP) is 5.70. The number of benzene rings is 2. The molecule has 1 fully saturated rings. The van der Waals surface area contributed by atoms with Crippen molar-refractivity contribution in [3.8, 4) is 17.0 Å². The SMILES string of the molecule is Cc1cc(F)cc(S(=O)(=O)Nc2cc(-c3ccc4ncc5c(c4c3)C3(CCC3)C(=O)N5C)cnc2OCCCN(C)C)c1.Cl. The number of hydrogen-bond donors (Lipinski definition) is 1. The molecule has 2 aromatic heterocycles. The monoisotopic (exact) mass is 639 g/mol. The van der Waals surface area contributed by atoms with Gasteiger partial charge in [0.15, 0.2) is 0 Å². The molecule has 0 bridgehead atoms. The molecule has 0 radical (unpaired) electrons. The number of likely N-dealkylation sites (N-methyl/N-ethyl adjacent to an activating group) is 1. The molecule has 3 heterocycles. The van der Waals surface area contributed by atoms with E-state index < -0.39 is 21.3 Å². The fraction of sp³-hybridized carbons (Fsp3) is 0.344. The van der Waals surface area contributed by atoms with Crippen LogP contribution in [0.4, 0.5) is 15.8 Å². The Labute approximate surface area is 262 Å². The van der Waals surface area contributed by atoms with Gasteiger partial charge in [-0.1, -0.05) is 12.5 Å². The Balaban J connectivity index is 0.00000384. The third-order valence-corrected chi connectivity index (χ3v) is 9.70. The first-order valence-electron chi connectivity index (χ1n) is 14.3. The molecular weight excluding hydrogens is 605 g/mol. The number of carbonyl (C=O) groups is 1. The van der Waals surface area contributed by atoms with Gasteiger partial charge in [-0.25, -0.2) is 17.8 Å². The quantitative estimate of drug-likeness (QED) is 0.235. The number of pyridine rings is 2. The zero-order chi connectivity index (χ0) is 30.5. The van der Waals surface area contributed by atoms with Crippen molar-refractivity contribution in [1.29, 1.82) is 0 Å². The van der Waals surface area contributed by atoms with Gasteiger partial charge in [0.2, 0.25) is 11.8 Å². The number of hydrogen-bond acceptors (Lipinski definition) is 7. The van der Waals surface area contributed by atoms with Gasteiger partial charge in [-0.3, -0.25) is 14.5 Å². The molecule has 44 heavy (non-hydrogen) atoms. The maximum atomic E-state index is 14.1. The standard InChI is InChI=1S/C32H34FN5O4S.ClH/c1-20-13-23(33)17-24(14-20)43(40,41)36-27-16-22(18-35-30(27)42-12-6-11-37(2)3)21-7-8-26-25(15-21)29-28(19-34-26)38(4)31(39)32(29)9-5-10-32;/h7-8,13-19,36H,5-6,9-12H2,1-4H3;1H. The summed E-state index contributed by atoms with van der Waals surface area (Å²) in [5.74, 6) is -0.406. The lowest BCUT2D eigenvalue weighted by molar-refractivity contribution is -0.125. The molecule has 0 unspecified atom stereocenters. The minimum Gasteiger partial charge on any atom is -0.476 e. The zero-order valence-electron chi connectivity index (χ0n) is 25.1. The number of carbonyl (C=O) groups excluding carboxylic acids is 1. The number of nitrogens with zero attached hydrogens (tertiary/aromatic N) is 4. The van der Waals surface area contributed by atoms with Crippen LogP contribution in [0, 0.1) is 12.7 Å². The molecule has 9 nitrogen and oxygen atoms in total. The Morgan fingerprint density at radius 2 is 1.84 bits per heavy atom. The predicted molar refractivity (Wildman–Crippen MR) is 172 cm³/mol. The van der Waals surface area contributed by atoms with Gasteiger partial charge in [0.05, 0.1) is 34.3 Å². The third kappa shape index (κ3) is 5.60. The smallest absolute Gasteiger partial charge is 0.262 e. The normalized spacial score (nSPS) is 15.3. The number of sulfonamides is 1. The van der Waals surface area contributed by atoms with E-state index in [0.29, 0.717) is 24.2 Å². The average Bonchev–Trinajstić information content (AvgIpc) is 3.17. The lowest BCUT2D eigenvalue weighted by Crippen LogP contribution is -2.43. The summed E-state index contributed by atoms with van der Waals surface area (Å²) in [4.78, 5) is 25.9. The minimum absolute atomic E-state index is 0. The highest BCUT2D eigenvalue weighted by atomic mass is 35.5. The summed E-state index contributed by atoms with van der Waals surface area (Å²) in [6.45, 7) is 2.75. The second-order valence-corrected chi connectivity index (χ2v) is 13.4. The van der Waals surface area contributed by atoms with Crippen molar-refractivity contribution in [2.24, 2.45) is 0 Å². The molecule has 232 valence electrons. The first-order chi connectivity index (χ1) is 20.5. The molecular formula is C32H35ClFN5O4S. The van der Waals surface area contributed by atoms with E-state index in [9.17, 15) is 17.6 Å². The van der Waals surface area contributed by atoms with E-state index in [1.807, 2.05) is 37.2 Å². The second-order valence-electron chi connectivity index (χ2n) is 11.7. The lowest BCUT2D eigenvalue weighted by atomic mass is 9.64. The molecule has 2 aliphatic rings. The van der Waals surface area contributed by atoms with Crippen molar-refractivity contribution < 1.29 is 22.3 Å². The Kier molecular flexibility index (Phi) is 8.58. The number of rotatable bonds is 9. The molecule has 1 aliphatic carbocycles. The van der Waals surface area contributed by atoms with Gasteiger partial charge in [-0.2, -0.15) is 0 Å². The highest BCUT2D eigenvalue weighted by Crippen LogP contribution is 2.55. The summed E-state index contributed by atoms with van der Waals surface area (Å²) in [6.07, 6.45) is 6.73. The number of halogens is 2. The Morgan fingerprint density at radius 1 is 1.07 bits per heavy atom. The maximum absolute atomic E-state index is 14.1. The van der Waals surface area contributed by atoms with E-state index >= 15 is 0 Å². The van der Waals surface area contributed by atoms with Crippen molar-refractivity contribution in [2.75, 3.05) is 43.9 Å². The molecule has 6 rings (SSSR count).